The second-order valence-corrected chi connectivity index (χ2v) is 3.88. The highest BCUT2D eigenvalue weighted by atomic mass is 16.5. The van der Waals surface area contributed by atoms with E-state index >= 15 is 0 Å². The summed E-state index contributed by atoms with van der Waals surface area (Å²) in [5.41, 5.74) is 1.42. The molecule has 0 N–H and O–H groups in total. The molecule has 1 aromatic rings. The monoisotopic (exact) mass is 231 g/mol. The Labute approximate surface area is 99.5 Å². The van der Waals surface area contributed by atoms with E-state index in [1.54, 1.807) is 13.2 Å². The van der Waals surface area contributed by atoms with Gasteiger partial charge in [0.25, 0.3) is 5.91 Å². The fourth-order valence-electron chi connectivity index (χ4n) is 1.70. The van der Waals surface area contributed by atoms with Gasteiger partial charge >= 0.3 is 0 Å². The molecule has 1 aliphatic heterocycles. The average molecular weight is 231 g/mol. The Morgan fingerprint density at radius 3 is 2.35 bits per heavy atom. The Kier molecular flexibility index (Phi) is 2.95. The summed E-state index contributed by atoms with van der Waals surface area (Å²) in [6.07, 6.45) is 1.92. The molecule has 2 amide bonds. The first kappa shape index (κ1) is 11.4. The molecule has 2 rings (SSSR count). The number of likely N-dealkylation sites (N-methyl/N-ethyl adjacent to an activating group) is 1. The molecule has 17 heavy (non-hydrogen) atoms. The Hall–Kier alpha value is -2.10. The maximum Gasteiger partial charge on any atom is 0.256 e. The summed E-state index contributed by atoms with van der Waals surface area (Å²) in [4.78, 5) is 24.1. The third-order valence-electron chi connectivity index (χ3n) is 2.75. The number of hydrogen-bond acceptors (Lipinski definition) is 3. The molecule has 0 spiro atoms. The van der Waals surface area contributed by atoms with Crippen molar-refractivity contribution >= 4 is 17.9 Å². The summed E-state index contributed by atoms with van der Waals surface area (Å²) in [7, 11) is 3.10. The number of carbonyl (C=O) groups excluding carboxylic acids is 2. The van der Waals surface area contributed by atoms with E-state index in [1.807, 2.05) is 24.3 Å². The Morgan fingerprint density at radius 1 is 1.24 bits per heavy atom. The second-order valence-electron chi connectivity index (χ2n) is 3.88. The van der Waals surface area contributed by atoms with Gasteiger partial charge in [-0.05, 0) is 23.8 Å². The lowest BCUT2D eigenvalue weighted by Gasteiger charge is -2.03. The number of methoxy groups -OCH3 is 1. The fraction of sp³-hybridized carbons (Fsp3) is 0.231. The van der Waals surface area contributed by atoms with E-state index < -0.39 is 0 Å². The van der Waals surface area contributed by atoms with Crippen LogP contribution in [0, 0.1) is 0 Å². The molecule has 1 aromatic carbocycles. The first-order valence-electron chi connectivity index (χ1n) is 5.27. The highest BCUT2D eigenvalue weighted by Crippen LogP contribution is 2.21. The van der Waals surface area contributed by atoms with E-state index in [9.17, 15) is 9.59 Å². The number of amides is 2. The Bertz CT molecular complexity index is 488. The third kappa shape index (κ3) is 2.20. The van der Waals surface area contributed by atoms with Crippen LogP contribution in [0.2, 0.25) is 0 Å². The summed E-state index contributed by atoms with van der Waals surface area (Å²) < 4.78 is 5.04. The minimum atomic E-state index is -0.217. The van der Waals surface area contributed by atoms with Crippen LogP contribution in [0.4, 0.5) is 0 Å². The van der Waals surface area contributed by atoms with E-state index in [4.69, 9.17) is 4.74 Å². The van der Waals surface area contributed by atoms with Gasteiger partial charge in [-0.3, -0.25) is 14.5 Å². The normalized spacial score (nSPS) is 18.0. The molecule has 1 aliphatic rings. The second kappa shape index (κ2) is 4.41. The number of benzene rings is 1. The summed E-state index contributed by atoms with van der Waals surface area (Å²) in [5.74, 6) is 0.388. The average Bonchev–Trinajstić information content (AvgIpc) is 2.58. The van der Waals surface area contributed by atoms with Gasteiger partial charge in [0.15, 0.2) is 0 Å². The molecule has 88 valence electrons. The van der Waals surface area contributed by atoms with E-state index in [0.717, 1.165) is 16.2 Å². The van der Waals surface area contributed by atoms with Gasteiger partial charge in [0.05, 0.1) is 13.5 Å². The van der Waals surface area contributed by atoms with E-state index in [2.05, 4.69) is 0 Å². The first-order chi connectivity index (χ1) is 8.11. The van der Waals surface area contributed by atoms with Gasteiger partial charge in [-0.1, -0.05) is 12.1 Å². The number of imide groups is 1. The largest absolute Gasteiger partial charge is 0.497 e. The first-order valence-corrected chi connectivity index (χ1v) is 5.27. The van der Waals surface area contributed by atoms with Crippen molar-refractivity contribution in [1.82, 2.24) is 4.90 Å². The third-order valence-corrected chi connectivity index (χ3v) is 2.75. The van der Waals surface area contributed by atoms with Crippen molar-refractivity contribution in [2.24, 2.45) is 0 Å². The highest BCUT2D eigenvalue weighted by molar-refractivity contribution is 6.15. The summed E-state index contributed by atoms with van der Waals surface area (Å²) in [6.45, 7) is 0. The van der Waals surface area contributed by atoms with Gasteiger partial charge in [0.2, 0.25) is 5.91 Å². The minimum Gasteiger partial charge on any atom is -0.497 e. The van der Waals surface area contributed by atoms with Crippen LogP contribution in [-0.2, 0) is 9.59 Å². The molecule has 0 atom stereocenters. The van der Waals surface area contributed by atoms with Gasteiger partial charge in [0.1, 0.15) is 5.75 Å². The topological polar surface area (TPSA) is 46.6 Å². The molecule has 0 saturated carbocycles. The van der Waals surface area contributed by atoms with Crippen molar-refractivity contribution in [2.75, 3.05) is 14.2 Å². The minimum absolute atomic E-state index is 0.158. The molecule has 4 heteroatoms. The molecule has 0 aliphatic carbocycles. The Morgan fingerprint density at radius 2 is 1.88 bits per heavy atom. The standard InChI is InChI=1S/C13H13NO3/c1-14-12(15)8-10(13(14)16)7-9-3-5-11(17-2)6-4-9/h3-7H,8H2,1-2H3/b10-7+. The smallest absolute Gasteiger partial charge is 0.256 e. The van der Waals surface area contributed by atoms with Gasteiger partial charge in [-0.15, -0.1) is 0 Å². The molecule has 1 fully saturated rings. The Balaban J connectivity index is 2.24. The van der Waals surface area contributed by atoms with Crippen molar-refractivity contribution in [3.63, 3.8) is 0 Å². The van der Waals surface area contributed by atoms with Gasteiger partial charge in [-0.25, -0.2) is 0 Å². The molecule has 0 radical (unpaired) electrons. The molecular weight excluding hydrogens is 218 g/mol. The van der Waals surface area contributed by atoms with Crippen LogP contribution >= 0.6 is 0 Å². The van der Waals surface area contributed by atoms with Crippen LogP contribution in [-0.4, -0.2) is 30.9 Å². The van der Waals surface area contributed by atoms with Gasteiger partial charge in [0, 0.05) is 12.6 Å². The van der Waals surface area contributed by atoms with E-state index in [0.29, 0.717) is 5.57 Å². The molecule has 0 bridgehead atoms. The van der Waals surface area contributed by atoms with Crippen molar-refractivity contribution in [3.8, 4) is 5.75 Å². The van der Waals surface area contributed by atoms with E-state index in [-0.39, 0.29) is 18.2 Å². The van der Waals surface area contributed by atoms with Crippen molar-refractivity contribution in [1.29, 1.82) is 0 Å². The SMILES string of the molecule is COc1ccc(/C=C2\CC(=O)N(C)C2=O)cc1. The predicted octanol–water partition coefficient (Wildman–Crippen LogP) is 1.47. The zero-order valence-corrected chi connectivity index (χ0v) is 9.77. The maximum absolute atomic E-state index is 11.7. The lowest BCUT2D eigenvalue weighted by molar-refractivity contribution is -0.135. The quantitative estimate of drug-likeness (QED) is 0.572. The molecule has 4 nitrogen and oxygen atoms in total. The van der Waals surface area contributed by atoms with Crippen LogP contribution in [0.5, 0.6) is 5.75 Å². The van der Waals surface area contributed by atoms with Crippen LogP contribution in [0.25, 0.3) is 6.08 Å². The van der Waals surface area contributed by atoms with Crippen molar-refractivity contribution in [2.45, 2.75) is 6.42 Å². The number of nitrogens with zero attached hydrogens (tertiary/aromatic N) is 1. The number of likely N-dealkylation sites (tertiary alicyclic amines) is 1. The molecule has 1 saturated heterocycles. The zero-order chi connectivity index (χ0) is 12.4. The van der Waals surface area contributed by atoms with Crippen LogP contribution in [0.1, 0.15) is 12.0 Å². The zero-order valence-electron chi connectivity index (χ0n) is 9.77. The highest BCUT2D eigenvalue weighted by Gasteiger charge is 2.30. The van der Waals surface area contributed by atoms with Gasteiger partial charge < -0.3 is 4.74 Å². The maximum atomic E-state index is 11.7. The molecule has 1 heterocycles. The van der Waals surface area contributed by atoms with Crippen molar-refractivity contribution < 1.29 is 14.3 Å². The van der Waals surface area contributed by atoms with Gasteiger partial charge in [-0.2, -0.15) is 0 Å². The number of ether oxygens (including phenoxy) is 1. The lowest BCUT2D eigenvalue weighted by atomic mass is 10.1. The van der Waals surface area contributed by atoms with Crippen LogP contribution < -0.4 is 4.74 Å². The number of carbonyl (C=O) groups is 2. The number of hydrogen-bond donors (Lipinski definition) is 0. The summed E-state index contributed by atoms with van der Waals surface area (Å²) >= 11 is 0. The number of rotatable bonds is 2. The predicted molar refractivity (Wildman–Crippen MR) is 63.4 cm³/mol. The summed E-state index contributed by atoms with van der Waals surface area (Å²) in [5, 5.41) is 0. The van der Waals surface area contributed by atoms with E-state index in [1.165, 1.54) is 7.05 Å². The van der Waals surface area contributed by atoms with Crippen molar-refractivity contribution in [3.05, 3.63) is 35.4 Å². The lowest BCUT2D eigenvalue weighted by Crippen LogP contribution is -2.23. The fourth-order valence-corrected chi connectivity index (χ4v) is 1.70. The molecule has 0 aromatic heterocycles. The molecular formula is C13H13NO3. The summed E-state index contributed by atoms with van der Waals surface area (Å²) in [6, 6.07) is 7.33. The van der Waals surface area contributed by atoms with Crippen LogP contribution in [0.15, 0.2) is 29.8 Å². The van der Waals surface area contributed by atoms with Crippen LogP contribution in [0.3, 0.4) is 0 Å². The molecule has 0 unspecified atom stereocenters.